The molecule has 1 heterocycles. The van der Waals surface area contributed by atoms with Gasteiger partial charge in [0.1, 0.15) is 0 Å². The van der Waals surface area contributed by atoms with E-state index in [4.69, 9.17) is 5.73 Å². The smallest absolute Gasteiger partial charge is 0.221 e. The molecule has 1 rings (SSSR count). The average Bonchev–Trinajstić information content (AvgIpc) is 2.19. The Morgan fingerprint density at radius 3 is 2.80 bits per heavy atom. The molecular formula is C12H18N2O. The second-order valence-corrected chi connectivity index (χ2v) is 3.98. The van der Waals surface area contributed by atoms with E-state index >= 15 is 0 Å². The van der Waals surface area contributed by atoms with E-state index < -0.39 is 0 Å². The van der Waals surface area contributed by atoms with E-state index in [1.807, 2.05) is 13.0 Å². The predicted octanol–water partition coefficient (Wildman–Crippen LogP) is 1.93. The van der Waals surface area contributed by atoms with Gasteiger partial charge in [-0.05, 0) is 36.5 Å². The van der Waals surface area contributed by atoms with Crippen LogP contribution in [0.3, 0.4) is 0 Å². The van der Waals surface area contributed by atoms with Gasteiger partial charge in [0.15, 0.2) is 0 Å². The summed E-state index contributed by atoms with van der Waals surface area (Å²) in [5.41, 5.74) is 8.35. The van der Waals surface area contributed by atoms with Crippen molar-refractivity contribution in [2.75, 3.05) is 0 Å². The van der Waals surface area contributed by atoms with Crippen molar-refractivity contribution in [1.82, 2.24) is 4.98 Å². The Balaban J connectivity index is 3.08. The highest BCUT2D eigenvalue weighted by Crippen LogP contribution is 2.23. The minimum Gasteiger partial charge on any atom is -0.369 e. The number of pyridine rings is 1. The Hall–Kier alpha value is -1.38. The molecule has 0 aliphatic heterocycles. The molecule has 1 unspecified atom stereocenters. The first-order chi connectivity index (χ1) is 7.04. The normalized spacial score (nSPS) is 12.5. The molecule has 1 amide bonds. The van der Waals surface area contributed by atoms with Gasteiger partial charge >= 0.3 is 0 Å². The number of carbonyl (C=O) groups is 1. The molecule has 0 aliphatic rings. The van der Waals surface area contributed by atoms with Crippen molar-refractivity contribution < 1.29 is 4.79 Å². The zero-order chi connectivity index (χ0) is 11.4. The lowest BCUT2D eigenvalue weighted by Gasteiger charge is -2.14. The van der Waals surface area contributed by atoms with Crippen molar-refractivity contribution in [2.45, 2.75) is 39.5 Å². The molecule has 3 nitrogen and oxygen atoms in total. The van der Waals surface area contributed by atoms with Crippen molar-refractivity contribution >= 4 is 5.91 Å². The van der Waals surface area contributed by atoms with Gasteiger partial charge in [-0.1, -0.05) is 13.8 Å². The molecular weight excluding hydrogens is 188 g/mol. The van der Waals surface area contributed by atoms with Crippen LogP contribution in [0, 0.1) is 6.92 Å². The summed E-state index contributed by atoms with van der Waals surface area (Å²) in [6, 6.07) is 2.05. The third kappa shape index (κ3) is 3.05. The molecule has 0 radical (unpaired) electrons. The van der Waals surface area contributed by atoms with E-state index in [0.29, 0.717) is 5.92 Å². The Labute approximate surface area is 90.7 Å². The molecule has 1 aromatic heterocycles. The third-order valence-electron chi connectivity index (χ3n) is 2.67. The van der Waals surface area contributed by atoms with Gasteiger partial charge < -0.3 is 5.73 Å². The summed E-state index contributed by atoms with van der Waals surface area (Å²) >= 11 is 0. The monoisotopic (exact) mass is 206 g/mol. The molecule has 0 bridgehead atoms. The van der Waals surface area contributed by atoms with Crippen LogP contribution in [0.1, 0.15) is 43.0 Å². The van der Waals surface area contributed by atoms with Crippen LogP contribution in [0.15, 0.2) is 12.3 Å². The van der Waals surface area contributed by atoms with E-state index in [-0.39, 0.29) is 12.3 Å². The first-order valence-corrected chi connectivity index (χ1v) is 5.28. The number of primary amides is 1. The largest absolute Gasteiger partial charge is 0.369 e. The molecule has 1 atom stereocenters. The number of aromatic nitrogens is 1. The maximum Gasteiger partial charge on any atom is 0.221 e. The van der Waals surface area contributed by atoms with Crippen LogP contribution in [0.25, 0.3) is 0 Å². The van der Waals surface area contributed by atoms with Crippen molar-refractivity contribution in [2.24, 2.45) is 5.73 Å². The molecule has 0 aromatic carbocycles. The summed E-state index contributed by atoms with van der Waals surface area (Å²) in [6.45, 7) is 6.24. The topological polar surface area (TPSA) is 56.0 Å². The van der Waals surface area contributed by atoms with E-state index in [9.17, 15) is 4.79 Å². The van der Waals surface area contributed by atoms with Gasteiger partial charge in [-0.25, -0.2) is 0 Å². The Morgan fingerprint density at radius 2 is 2.27 bits per heavy atom. The van der Waals surface area contributed by atoms with Crippen LogP contribution in [0.2, 0.25) is 0 Å². The SMILES string of the molecule is CCC(C)c1cc(C)ncc1CC(N)=O. The number of aryl methyl sites for hydroxylation is 1. The summed E-state index contributed by atoms with van der Waals surface area (Å²) in [5.74, 6) is 0.145. The van der Waals surface area contributed by atoms with Gasteiger partial charge in [-0.3, -0.25) is 9.78 Å². The number of nitrogens with zero attached hydrogens (tertiary/aromatic N) is 1. The molecule has 0 saturated carbocycles. The first kappa shape index (κ1) is 11.7. The number of hydrogen-bond donors (Lipinski definition) is 1. The van der Waals surface area contributed by atoms with Crippen molar-refractivity contribution in [3.63, 3.8) is 0 Å². The number of hydrogen-bond acceptors (Lipinski definition) is 2. The van der Waals surface area contributed by atoms with E-state index in [1.54, 1.807) is 6.20 Å². The standard InChI is InChI=1S/C12H18N2O/c1-4-8(2)11-5-9(3)14-7-10(11)6-12(13)15/h5,7-8H,4,6H2,1-3H3,(H2,13,15). The highest BCUT2D eigenvalue weighted by atomic mass is 16.1. The zero-order valence-electron chi connectivity index (χ0n) is 9.58. The van der Waals surface area contributed by atoms with Crippen LogP contribution < -0.4 is 5.73 Å². The predicted molar refractivity (Wildman–Crippen MR) is 60.6 cm³/mol. The van der Waals surface area contributed by atoms with Crippen LogP contribution >= 0.6 is 0 Å². The molecule has 1 aromatic rings. The fraction of sp³-hybridized carbons (Fsp3) is 0.500. The number of rotatable bonds is 4. The minimum absolute atomic E-state index is 0.285. The molecule has 3 heteroatoms. The Bertz CT molecular complexity index is 361. The van der Waals surface area contributed by atoms with Crippen molar-refractivity contribution in [3.8, 4) is 0 Å². The van der Waals surface area contributed by atoms with Crippen LogP contribution in [0.4, 0.5) is 0 Å². The minimum atomic E-state index is -0.301. The van der Waals surface area contributed by atoms with Crippen molar-refractivity contribution in [1.29, 1.82) is 0 Å². The summed E-state index contributed by atoms with van der Waals surface area (Å²) < 4.78 is 0. The van der Waals surface area contributed by atoms with Gasteiger partial charge in [0, 0.05) is 11.9 Å². The number of carbonyl (C=O) groups excluding carboxylic acids is 1. The van der Waals surface area contributed by atoms with E-state index in [2.05, 4.69) is 18.8 Å². The van der Waals surface area contributed by atoms with Crippen LogP contribution in [0.5, 0.6) is 0 Å². The van der Waals surface area contributed by atoms with Gasteiger partial charge in [0.2, 0.25) is 5.91 Å². The van der Waals surface area contributed by atoms with E-state index in [0.717, 1.165) is 17.7 Å². The molecule has 2 N–H and O–H groups in total. The van der Waals surface area contributed by atoms with Crippen molar-refractivity contribution in [3.05, 3.63) is 29.1 Å². The number of amides is 1. The molecule has 0 saturated heterocycles. The summed E-state index contributed by atoms with van der Waals surface area (Å²) in [6.07, 6.45) is 3.10. The Kier molecular flexibility index (Phi) is 3.83. The molecule has 0 aliphatic carbocycles. The van der Waals surface area contributed by atoms with Gasteiger partial charge in [-0.2, -0.15) is 0 Å². The zero-order valence-corrected chi connectivity index (χ0v) is 9.58. The summed E-state index contributed by atoms with van der Waals surface area (Å²) in [4.78, 5) is 15.1. The van der Waals surface area contributed by atoms with Gasteiger partial charge in [-0.15, -0.1) is 0 Å². The van der Waals surface area contributed by atoms with E-state index in [1.165, 1.54) is 5.56 Å². The lowest BCUT2D eigenvalue weighted by atomic mass is 9.93. The molecule has 0 spiro atoms. The maximum absolute atomic E-state index is 10.9. The van der Waals surface area contributed by atoms with Crippen LogP contribution in [-0.4, -0.2) is 10.9 Å². The highest BCUT2D eigenvalue weighted by Gasteiger charge is 2.11. The lowest BCUT2D eigenvalue weighted by molar-refractivity contribution is -0.117. The third-order valence-corrected chi connectivity index (χ3v) is 2.67. The van der Waals surface area contributed by atoms with Crippen LogP contribution in [-0.2, 0) is 11.2 Å². The first-order valence-electron chi connectivity index (χ1n) is 5.28. The highest BCUT2D eigenvalue weighted by molar-refractivity contribution is 5.77. The fourth-order valence-electron chi connectivity index (χ4n) is 1.62. The maximum atomic E-state index is 10.9. The number of nitrogens with two attached hydrogens (primary N) is 1. The molecule has 82 valence electrons. The average molecular weight is 206 g/mol. The second-order valence-electron chi connectivity index (χ2n) is 3.98. The van der Waals surface area contributed by atoms with Gasteiger partial charge in [0.25, 0.3) is 0 Å². The summed E-state index contributed by atoms with van der Waals surface area (Å²) in [5, 5.41) is 0. The van der Waals surface area contributed by atoms with Gasteiger partial charge in [0.05, 0.1) is 6.42 Å². The lowest BCUT2D eigenvalue weighted by Crippen LogP contribution is -2.15. The molecule has 0 fully saturated rings. The molecule has 15 heavy (non-hydrogen) atoms. The second kappa shape index (κ2) is 4.91. The fourth-order valence-corrected chi connectivity index (χ4v) is 1.62. The summed E-state index contributed by atoms with van der Waals surface area (Å²) in [7, 11) is 0. The Morgan fingerprint density at radius 1 is 1.60 bits per heavy atom. The quantitative estimate of drug-likeness (QED) is 0.818.